The maximum absolute atomic E-state index is 14.4. The number of nitrogens with zero attached hydrogens (tertiary/aromatic N) is 1. The lowest BCUT2D eigenvalue weighted by molar-refractivity contribution is -0.116. The first-order valence-corrected chi connectivity index (χ1v) is 17.1. The second kappa shape index (κ2) is 15.5. The lowest BCUT2D eigenvalue weighted by atomic mass is 10.00. The smallest absolute Gasteiger partial charge is 0.335 e. The summed E-state index contributed by atoms with van der Waals surface area (Å²) in [5.74, 6) is -0.157. The van der Waals surface area contributed by atoms with Gasteiger partial charge in [-0.3, -0.25) is 9.59 Å². The van der Waals surface area contributed by atoms with E-state index < -0.39 is 5.97 Å². The Hall–Kier alpha value is -6.67. The second-order valence-corrected chi connectivity index (χ2v) is 12.5. The van der Waals surface area contributed by atoms with Crippen molar-refractivity contribution >= 4 is 45.0 Å². The third-order valence-electron chi connectivity index (χ3n) is 8.93. The molecule has 0 aliphatic carbocycles. The molecule has 8 heteroatoms. The predicted octanol–water partition coefficient (Wildman–Crippen LogP) is 9.30. The minimum absolute atomic E-state index is 0.0930. The number of carbonyl (C=O) groups excluding carboxylic acids is 2. The monoisotopic (exact) mass is 688 g/mol. The Labute approximate surface area is 300 Å². The lowest BCUT2D eigenvalue weighted by Crippen LogP contribution is -2.15. The molecule has 1 heterocycles. The number of benzene rings is 6. The number of ether oxygens (including phenoxy) is 2. The molecule has 0 saturated carbocycles. The van der Waals surface area contributed by atoms with Crippen LogP contribution in [0.5, 0.6) is 11.5 Å². The third kappa shape index (κ3) is 7.71. The van der Waals surface area contributed by atoms with E-state index in [2.05, 4.69) is 9.88 Å². The highest BCUT2D eigenvalue weighted by atomic mass is 16.5. The van der Waals surface area contributed by atoms with Gasteiger partial charge in [-0.1, -0.05) is 97.1 Å². The summed E-state index contributed by atoms with van der Waals surface area (Å²) in [6.07, 6.45) is 0.616. The molecule has 1 amide bonds. The highest BCUT2D eigenvalue weighted by Crippen LogP contribution is 2.34. The van der Waals surface area contributed by atoms with E-state index in [0.29, 0.717) is 53.6 Å². The summed E-state index contributed by atoms with van der Waals surface area (Å²) >= 11 is 0. The van der Waals surface area contributed by atoms with Gasteiger partial charge in [-0.2, -0.15) is 0 Å². The van der Waals surface area contributed by atoms with Crippen LogP contribution >= 0.6 is 0 Å². The predicted molar refractivity (Wildman–Crippen MR) is 202 cm³/mol. The molecule has 0 aliphatic heterocycles. The zero-order valence-corrected chi connectivity index (χ0v) is 28.3. The van der Waals surface area contributed by atoms with Gasteiger partial charge >= 0.3 is 5.97 Å². The van der Waals surface area contributed by atoms with Crippen LogP contribution in [0.3, 0.4) is 0 Å². The molecule has 258 valence electrons. The summed E-state index contributed by atoms with van der Waals surface area (Å²) < 4.78 is 14.7. The van der Waals surface area contributed by atoms with Crippen molar-refractivity contribution in [3.05, 3.63) is 174 Å². The Morgan fingerprint density at radius 1 is 0.635 bits per heavy atom. The van der Waals surface area contributed by atoms with E-state index in [-0.39, 0.29) is 30.3 Å². The first-order chi connectivity index (χ1) is 25.4. The van der Waals surface area contributed by atoms with Crippen LogP contribution in [0.4, 0.5) is 5.69 Å². The number of nitrogens with one attached hydrogen (secondary N) is 1. The molecule has 0 saturated heterocycles. The fourth-order valence-electron chi connectivity index (χ4n) is 6.37. The summed E-state index contributed by atoms with van der Waals surface area (Å²) in [5, 5.41) is 15.0. The molecule has 1 aromatic heterocycles. The molecule has 8 nitrogen and oxygen atoms in total. The molecule has 0 aliphatic rings. The largest absolute Gasteiger partial charge is 0.489 e. The topological polar surface area (TPSA) is 107 Å². The zero-order chi connectivity index (χ0) is 35.9. The van der Waals surface area contributed by atoms with Crippen LogP contribution in [-0.2, 0) is 24.6 Å². The molecule has 6 aromatic carbocycles. The number of fused-ring (bicyclic) bond motifs is 2. The number of carboxylic acid groups (broad SMARTS) is 1. The number of aryl methyl sites for hydroxylation is 1. The lowest BCUT2D eigenvalue weighted by Gasteiger charge is -2.14. The number of carboxylic acids is 1. The van der Waals surface area contributed by atoms with Gasteiger partial charge in [-0.25, -0.2) is 4.79 Å². The van der Waals surface area contributed by atoms with Crippen LogP contribution < -0.4 is 14.8 Å². The van der Waals surface area contributed by atoms with Crippen molar-refractivity contribution in [2.24, 2.45) is 0 Å². The fourth-order valence-corrected chi connectivity index (χ4v) is 6.37. The van der Waals surface area contributed by atoms with Crippen LogP contribution in [-0.4, -0.2) is 27.3 Å². The van der Waals surface area contributed by atoms with Crippen LogP contribution in [0.15, 0.2) is 146 Å². The number of hydrogen-bond acceptors (Lipinski definition) is 5. The maximum atomic E-state index is 14.4. The van der Waals surface area contributed by atoms with Crippen molar-refractivity contribution < 1.29 is 29.0 Å². The van der Waals surface area contributed by atoms with E-state index in [0.717, 1.165) is 27.2 Å². The number of ketones is 1. The summed E-state index contributed by atoms with van der Waals surface area (Å²) in [6.45, 7) is 0.897. The summed E-state index contributed by atoms with van der Waals surface area (Å²) in [5.41, 5.74) is 4.10. The van der Waals surface area contributed by atoms with Crippen LogP contribution in [0.2, 0.25) is 0 Å². The molecule has 7 rings (SSSR count). The summed E-state index contributed by atoms with van der Waals surface area (Å²) in [4.78, 5) is 38.8. The van der Waals surface area contributed by atoms with Gasteiger partial charge in [0.2, 0.25) is 5.91 Å². The number of carbonyl (C=O) groups is 3. The summed E-state index contributed by atoms with van der Waals surface area (Å²) in [7, 11) is 0. The van der Waals surface area contributed by atoms with Crippen molar-refractivity contribution in [3.8, 4) is 11.5 Å². The minimum Gasteiger partial charge on any atom is -0.489 e. The number of amides is 1. The maximum Gasteiger partial charge on any atom is 0.335 e. The standard InChI is InChI=1S/C44H36N2O6/c47-41(45-35-18-9-17-34(25-35)44(49)50)19-10-24-46-39-23-22-37(51-28-30-11-3-1-4-12-30)27-38(39)42(43(48)32-14-5-2-6-15-32)40(46)29-52-36-21-20-31-13-7-8-16-33(31)26-36/h1-9,11-18,20-23,25-27H,10,19,24,28-29H2,(H,45,47)(H,49,50). The average Bonchev–Trinajstić information content (AvgIpc) is 3.48. The van der Waals surface area contributed by atoms with E-state index in [1.807, 2.05) is 109 Å². The number of hydrogen-bond donors (Lipinski definition) is 2. The van der Waals surface area contributed by atoms with Crippen molar-refractivity contribution in [1.29, 1.82) is 0 Å². The molecule has 0 spiro atoms. The normalized spacial score (nSPS) is 11.0. The van der Waals surface area contributed by atoms with Crippen molar-refractivity contribution in [2.75, 3.05) is 5.32 Å². The SMILES string of the molecule is O=C(CCCn1c(COc2ccc3ccccc3c2)c(C(=O)c2ccccc2)c2cc(OCc3ccccc3)ccc21)Nc1cccc(C(=O)O)c1. The van der Waals surface area contributed by atoms with Crippen molar-refractivity contribution in [2.45, 2.75) is 32.6 Å². The zero-order valence-electron chi connectivity index (χ0n) is 28.3. The molecule has 0 atom stereocenters. The third-order valence-corrected chi connectivity index (χ3v) is 8.93. The Bertz CT molecular complexity index is 2380. The molecule has 2 N–H and O–H groups in total. The van der Waals surface area contributed by atoms with Gasteiger partial charge in [0, 0.05) is 35.1 Å². The van der Waals surface area contributed by atoms with Gasteiger partial charge in [0.15, 0.2) is 5.78 Å². The first kappa shape index (κ1) is 33.8. The Morgan fingerprint density at radius 3 is 2.10 bits per heavy atom. The minimum atomic E-state index is -1.07. The summed E-state index contributed by atoms with van der Waals surface area (Å²) in [6, 6.07) is 45.0. The number of anilines is 1. The Balaban J connectivity index is 1.23. The fraction of sp³-hybridized carbons (Fsp3) is 0.114. The van der Waals surface area contributed by atoms with E-state index in [1.54, 1.807) is 24.3 Å². The number of aromatic nitrogens is 1. The van der Waals surface area contributed by atoms with Gasteiger partial charge in [0.05, 0.1) is 16.8 Å². The van der Waals surface area contributed by atoms with Crippen LogP contribution in [0.1, 0.15) is 50.4 Å². The van der Waals surface area contributed by atoms with Crippen LogP contribution in [0, 0.1) is 0 Å². The van der Waals surface area contributed by atoms with E-state index in [4.69, 9.17) is 9.47 Å². The van der Waals surface area contributed by atoms with E-state index in [9.17, 15) is 19.5 Å². The molecular formula is C44H36N2O6. The number of aromatic carboxylic acids is 1. The molecule has 0 fully saturated rings. The highest BCUT2D eigenvalue weighted by Gasteiger charge is 2.25. The van der Waals surface area contributed by atoms with Gasteiger partial charge < -0.3 is 24.5 Å². The molecule has 0 radical (unpaired) electrons. The molecule has 7 aromatic rings. The molecule has 0 unspecified atom stereocenters. The van der Waals surface area contributed by atoms with Crippen molar-refractivity contribution in [3.63, 3.8) is 0 Å². The Morgan fingerprint density at radius 2 is 1.31 bits per heavy atom. The first-order valence-electron chi connectivity index (χ1n) is 17.1. The Kier molecular flexibility index (Phi) is 10.1. The molecular weight excluding hydrogens is 652 g/mol. The van der Waals surface area contributed by atoms with Crippen LogP contribution in [0.25, 0.3) is 21.7 Å². The van der Waals surface area contributed by atoms with E-state index in [1.165, 1.54) is 12.1 Å². The van der Waals surface area contributed by atoms with Gasteiger partial charge in [0.1, 0.15) is 24.7 Å². The molecule has 0 bridgehead atoms. The van der Waals surface area contributed by atoms with Gasteiger partial charge in [-0.05, 0) is 71.3 Å². The van der Waals surface area contributed by atoms with Gasteiger partial charge in [0.25, 0.3) is 0 Å². The second-order valence-electron chi connectivity index (χ2n) is 12.5. The van der Waals surface area contributed by atoms with Gasteiger partial charge in [-0.15, -0.1) is 0 Å². The number of rotatable bonds is 14. The highest BCUT2D eigenvalue weighted by molar-refractivity contribution is 6.17. The average molecular weight is 689 g/mol. The molecule has 52 heavy (non-hydrogen) atoms. The van der Waals surface area contributed by atoms with Crippen molar-refractivity contribution in [1.82, 2.24) is 4.57 Å². The van der Waals surface area contributed by atoms with E-state index >= 15 is 0 Å². The quantitative estimate of drug-likeness (QED) is 0.110.